The molecule has 0 atom stereocenters. The van der Waals surface area contributed by atoms with Crippen LogP contribution < -0.4 is 0 Å². The summed E-state index contributed by atoms with van der Waals surface area (Å²) < 4.78 is 0. The second-order valence-electron chi connectivity index (χ2n) is 3.61. The summed E-state index contributed by atoms with van der Waals surface area (Å²) in [7, 11) is 0. The summed E-state index contributed by atoms with van der Waals surface area (Å²) in [6.07, 6.45) is 0. The predicted octanol–water partition coefficient (Wildman–Crippen LogP) is 3.08. The van der Waals surface area contributed by atoms with E-state index in [4.69, 9.17) is 23.2 Å². The maximum atomic E-state index is 5.93. The van der Waals surface area contributed by atoms with Gasteiger partial charge < -0.3 is 0 Å². The molecular weight excluding hydrogens is 195 g/mol. The number of hydrogen-bond acceptors (Lipinski definition) is 2. The van der Waals surface area contributed by atoms with Crippen LogP contribution in [0.4, 0.5) is 0 Å². The van der Waals surface area contributed by atoms with Crippen molar-refractivity contribution in [3.8, 4) is 0 Å². The summed E-state index contributed by atoms with van der Waals surface area (Å²) in [6.45, 7) is 6.07. The van der Waals surface area contributed by atoms with E-state index in [1.807, 2.05) is 20.8 Å². The smallest absolute Gasteiger partial charge is 0.152 e. The van der Waals surface area contributed by atoms with E-state index >= 15 is 0 Å². The Kier molecular flexibility index (Phi) is 2.59. The molecule has 0 bridgehead atoms. The maximum absolute atomic E-state index is 5.93. The zero-order valence-electron chi connectivity index (χ0n) is 7.23. The fourth-order valence-electron chi connectivity index (χ4n) is 0.856. The van der Waals surface area contributed by atoms with Crippen molar-refractivity contribution >= 4 is 23.2 Å². The fraction of sp³-hybridized carbons (Fsp3) is 0.500. The lowest BCUT2D eigenvalue weighted by Gasteiger charge is -2.17. The van der Waals surface area contributed by atoms with Gasteiger partial charge in [-0.1, -0.05) is 44.0 Å². The van der Waals surface area contributed by atoms with E-state index < -0.39 is 0 Å². The minimum absolute atomic E-state index is 0.0886. The fourth-order valence-corrected chi connectivity index (χ4v) is 1.48. The van der Waals surface area contributed by atoms with Crippen LogP contribution in [0.1, 0.15) is 26.5 Å². The lowest BCUT2D eigenvalue weighted by Crippen LogP contribution is -2.15. The molecule has 2 nitrogen and oxygen atoms in total. The highest BCUT2D eigenvalue weighted by molar-refractivity contribution is 6.34. The first-order valence-electron chi connectivity index (χ1n) is 3.60. The number of hydrogen-bond donors (Lipinski definition) is 0. The van der Waals surface area contributed by atoms with Crippen molar-refractivity contribution < 1.29 is 0 Å². The average molecular weight is 205 g/mol. The maximum Gasteiger partial charge on any atom is 0.153 e. The molecule has 0 saturated heterocycles. The number of nitrogens with zero attached hydrogens (tertiary/aromatic N) is 2. The molecular formula is C8H10Cl2N2. The number of aromatic nitrogens is 2. The van der Waals surface area contributed by atoms with Crippen molar-refractivity contribution in [2.24, 2.45) is 0 Å². The Morgan fingerprint density at radius 3 is 2.17 bits per heavy atom. The van der Waals surface area contributed by atoms with Crippen molar-refractivity contribution in [1.29, 1.82) is 0 Å². The zero-order valence-corrected chi connectivity index (χ0v) is 8.74. The first-order chi connectivity index (χ1) is 5.41. The van der Waals surface area contributed by atoms with Gasteiger partial charge in [-0.05, 0) is 6.07 Å². The van der Waals surface area contributed by atoms with E-state index in [0.29, 0.717) is 10.2 Å². The average Bonchev–Trinajstić information content (AvgIpc) is 1.83. The molecule has 1 rings (SSSR count). The molecule has 1 aromatic heterocycles. The summed E-state index contributed by atoms with van der Waals surface area (Å²) in [5.74, 6) is 0. The predicted molar refractivity (Wildman–Crippen MR) is 50.8 cm³/mol. The molecule has 0 fully saturated rings. The van der Waals surface area contributed by atoms with Crippen LogP contribution in [-0.4, -0.2) is 10.2 Å². The SMILES string of the molecule is CC(C)(C)c1nnc(Cl)cc1Cl. The lowest BCUT2D eigenvalue weighted by atomic mass is 9.92. The Labute approximate surface area is 81.9 Å². The van der Waals surface area contributed by atoms with Crippen LogP contribution in [0.25, 0.3) is 0 Å². The van der Waals surface area contributed by atoms with Crippen LogP contribution in [0.3, 0.4) is 0 Å². The Morgan fingerprint density at radius 1 is 1.17 bits per heavy atom. The van der Waals surface area contributed by atoms with Crippen molar-refractivity contribution in [3.05, 3.63) is 21.9 Å². The highest BCUT2D eigenvalue weighted by Gasteiger charge is 2.19. The summed E-state index contributed by atoms with van der Waals surface area (Å²) in [4.78, 5) is 0. The normalized spacial score (nSPS) is 11.8. The molecule has 0 unspecified atom stereocenters. The molecule has 0 saturated carbocycles. The molecule has 0 spiro atoms. The number of rotatable bonds is 0. The Morgan fingerprint density at radius 2 is 1.75 bits per heavy atom. The van der Waals surface area contributed by atoms with Crippen molar-refractivity contribution in [3.63, 3.8) is 0 Å². The van der Waals surface area contributed by atoms with Gasteiger partial charge in [-0.2, -0.15) is 5.10 Å². The van der Waals surface area contributed by atoms with E-state index in [-0.39, 0.29) is 5.41 Å². The summed E-state index contributed by atoms with van der Waals surface area (Å²) in [5, 5.41) is 8.57. The van der Waals surface area contributed by atoms with E-state index in [1.54, 1.807) is 6.07 Å². The van der Waals surface area contributed by atoms with Gasteiger partial charge in [0.1, 0.15) is 0 Å². The van der Waals surface area contributed by atoms with Gasteiger partial charge in [0.15, 0.2) is 5.15 Å². The molecule has 66 valence electrons. The van der Waals surface area contributed by atoms with Gasteiger partial charge in [0.25, 0.3) is 0 Å². The first kappa shape index (κ1) is 9.75. The second kappa shape index (κ2) is 3.19. The molecule has 0 aromatic carbocycles. The van der Waals surface area contributed by atoms with Crippen LogP contribution in [0.5, 0.6) is 0 Å². The molecule has 0 radical (unpaired) electrons. The molecule has 0 N–H and O–H groups in total. The largest absolute Gasteiger partial charge is 0.153 e. The molecule has 4 heteroatoms. The van der Waals surface area contributed by atoms with E-state index in [9.17, 15) is 0 Å². The van der Waals surface area contributed by atoms with Crippen LogP contribution in [0, 0.1) is 0 Å². The molecule has 0 aliphatic heterocycles. The van der Waals surface area contributed by atoms with Gasteiger partial charge >= 0.3 is 0 Å². The van der Waals surface area contributed by atoms with Crippen molar-refractivity contribution in [1.82, 2.24) is 10.2 Å². The van der Waals surface area contributed by atoms with Gasteiger partial charge in [-0.15, -0.1) is 5.10 Å². The third-order valence-corrected chi connectivity index (χ3v) is 1.90. The zero-order chi connectivity index (χ0) is 9.35. The summed E-state index contributed by atoms with van der Waals surface area (Å²) in [6, 6.07) is 1.61. The van der Waals surface area contributed by atoms with Gasteiger partial charge in [0, 0.05) is 5.41 Å². The second-order valence-corrected chi connectivity index (χ2v) is 4.41. The van der Waals surface area contributed by atoms with Gasteiger partial charge in [0.2, 0.25) is 0 Å². The van der Waals surface area contributed by atoms with Crippen molar-refractivity contribution in [2.75, 3.05) is 0 Å². The van der Waals surface area contributed by atoms with E-state index in [1.165, 1.54) is 0 Å². The Bertz CT molecular complexity index is 292. The first-order valence-corrected chi connectivity index (χ1v) is 4.36. The van der Waals surface area contributed by atoms with Crippen LogP contribution in [-0.2, 0) is 5.41 Å². The molecule has 0 aliphatic carbocycles. The van der Waals surface area contributed by atoms with Crippen LogP contribution >= 0.6 is 23.2 Å². The summed E-state index contributed by atoms with van der Waals surface area (Å²) in [5.41, 5.74) is 0.683. The quantitative estimate of drug-likeness (QED) is 0.650. The monoisotopic (exact) mass is 204 g/mol. The van der Waals surface area contributed by atoms with Crippen LogP contribution in [0.15, 0.2) is 6.07 Å². The minimum Gasteiger partial charge on any atom is -0.152 e. The standard InChI is InChI=1S/C8H10Cl2N2/c1-8(2,3)7-5(9)4-6(10)11-12-7/h4H,1-3H3. The molecule has 1 aromatic rings. The topological polar surface area (TPSA) is 25.8 Å². The Balaban J connectivity index is 3.19. The number of halogens is 2. The molecule has 12 heavy (non-hydrogen) atoms. The summed E-state index contributed by atoms with van der Waals surface area (Å²) >= 11 is 11.5. The molecule has 1 heterocycles. The molecule has 0 amide bonds. The van der Waals surface area contributed by atoms with E-state index in [0.717, 1.165) is 5.69 Å². The van der Waals surface area contributed by atoms with Gasteiger partial charge in [0.05, 0.1) is 10.7 Å². The van der Waals surface area contributed by atoms with E-state index in [2.05, 4.69) is 10.2 Å². The lowest BCUT2D eigenvalue weighted by molar-refractivity contribution is 0.559. The van der Waals surface area contributed by atoms with Crippen molar-refractivity contribution in [2.45, 2.75) is 26.2 Å². The third-order valence-electron chi connectivity index (χ3n) is 1.43. The van der Waals surface area contributed by atoms with Gasteiger partial charge in [-0.3, -0.25) is 0 Å². The molecule has 0 aliphatic rings. The Hall–Kier alpha value is -0.340. The van der Waals surface area contributed by atoms with Gasteiger partial charge in [-0.25, -0.2) is 0 Å². The third kappa shape index (κ3) is 2.08. The minimum atomic E-state index is -0.0886. The van der Waals surface area contributed by atoms with Crippen LogP contribution in [0.2, 0.25) is 10.2 Å². The highest BCUT2D eigenvalue weighted by atomic mass is 35.5. The highest BCUT2D eigenvalue weighted by Crippen LogP contribution is 2.27.